The molecular weight excluding hydrogens is 364 g/mol. The van der Waals surface area contributed by atoms with E-state index in [2.05, 4.69) is 48.4 Å². The number of fused-ring (bicyclic) bond motifs is 1. The van der Waals surface area contributed by atoms with Gasteiger partial charge in [-0.3, -0.25) is 0 Å². The lowest BCUT2D eigenvalue weighted by molar-refractivity contribution is 0.0697. The lowest BCUT2D eigenvalue weighted by Crippen LogP contribution is -1.99. The van der Waals surface area contributed by atoms with Gasteiger partial charge < -0.3 is 14.8 Å². The highest BCUT2D eigenvalue weighted by Crippen LogP contribution is 2.26. The summed E-state index contributed by atoms with van der Waals surface area (Å²) in [6, 6.07) is 21.0. The van der Waals surface area contributed by atoms with Crippen molar-refractivity contribution in [3.8, 4) is 11.5 Å². The van der Waals surface area contributed by atoms with E-state index in [1.807, 2.05) is 18.2 Å². The van der Waals surface area contributed by atoms with Crippen LogP contribution in [0, 0.1) is 0 Å². The summed E-state index contributed by atoms with van der Waals surface area (Å²) in [5.74, 6) is -0.0424. The van der Waals surface area contributed by atoms with E-state index in [1.165, 1.54) is 5.56 Å². The molecule has 0 aliphatic heterocycles. The smallest absolute Gasteiger partial charge is 0.335 e. The first kappa shape index (κ1) is 18.7. The van der Waals surface area contributed by atoms with E-state index in [4.69, 9.17) is 9.52 Å². The number of nitrogens with one attached hydrogen (secondary N) is 1. The molecule has 29 heavy (non-hydrogen) atoms. The van der Waals surface area contributed by atoms with Gasteiger partial charge in [0, 0.05) is 17.8 Å². The third-order valence-corrected chi connectivity index (χ3v) is 4.88. The highest BCUT2D eigenvalue weighted by Gasteiger charge is 2.11. The van der Waals surface area contributed by atoms with Crippen molar-refractivity contribution in [2.45, 2.75) is 26.3 Å². The normalized spacial score (nSPS) is 11.1. The zero-order chi connectivity index (χ0) is 20.4. The average molecular weight is 386 g/mol. The zero-order valence-corrected chi connectivity index (χ0v) is 16.3. The van der Waals surface area contributed by atoms with Gasteiger partial charge >= 0.3 is 5.97 Å². The van der Waals surface area contributed by atoms with Gasteiger partial charge in [0.15, 0.2) is 5.58 Å². The van der Waals surface area contributed by atoms with Crippen molar-refractivity contribution in [3.05, 3.63) is 83.4 Å². The van der Waals surface area contributed by atoms with Gasteiger partial charge in [0.25, 0.3) is 0 Å². The number of rotatable bonds is 6. The van der Waals surface area contributed by atoms with Crippen LogP contribution in [0.15, 0.2) is 71.1 Å². The summed E-state index contributed by atoms with van der Waals surface area (Å²) in [6.07, 6.45) is 0. The monoisotopic (exact) mass is 386 g/mol. The molecule has 0 atom stereocenters. The quantitative estimate of drug-likeness (QED) is 0.430. The number of anilines is 1. The SMILES string of the molecule is CC(C)c1ccc(NCc2ccc3oc(-c4cccc(C(=O)O)c4)nc3c2)cc1. The van der Waals surface area contributed by atoms with Crippen LogP contribution in [-0.2, 0) is 6.54 Å². The number of oxazole rings is 1. The fraction of sp³-hybridized carbons (Fsp3) is 0.167. The molecule has 1 aromatic heterocycles. The van der Waals surface area contributed by atoms with Crippen molar-refractivity contribution >= 4 is 22.8 Å². The number of hydrogen-bond acceptors (Lipinski definition) is 4. The first-order valence-electron chi connectivity index (χ1n) is 9.56. The van der Waals surface area contributed by atoms with Crippen LogP contribution in [0.1, 0.15) is 41.3 Å². The Morgan fingerprint density at radius 3 is 2.59 bits per heavy atom. The van der Waals surface area contributed by atoms with Crippen molar-refractivity contribution in [1.29, 1.82) is 0 Å². The van der Waals surface area contributed by atoms with Crippen LogP contribution in [-0.4, -0.2) is 16.1 Å². The molecule has 146 valence electrons. The van der Waals surface area contributed by atoms with Crippen LogP contribution in [0.2, 0.25) is 0 Å². The van der Waals surface area contributed by atoms with Gasteiger partial charge in [-0.1, -0.05) is 38.1 Å². The molecule has 0 saturated heterocycles. The van der Waals surface area contributed by atoms with Crippen LogP contribution in [0.3, 0.4) is 0 Å². The second kappa shape index (κ2) is 7.80. The fourth-order valence-electron chi connectivity index (χ4n) is 3.18. The Balaban J connectivity index is 1.52. The highest BCUT2D eigenvalue weighted by atomic mass is 16.4. The van der Waals surface area contributed by atoms with Gasteiger partial charge in [-0.15, -0.1) is 0 Å². The molecule has 2 N–H and O–H groups in total. The molecule has 0 amide bonds. The number of carbonyl (C=O) groups is 1. The zero-order valence-electron chi connectivity index (χ0n) is 16.3. The van der Waals surface area contributed by atoms with Crippen LogP contribution < -0.4 is 5.32 Å². The van der Waals surface area contributed by atoms with E-state index < -0.39 is 5.97 Å². The number of carboxylic acid groups (broad SMARTS) is 1. The van der Waals surface area contributed by atoms with E-state index in [0.717, 1.165) is 16.8 Å². The largest absolute Gasteiger partial charge is 0.478 e. The van der Waals surface area contributed by atoms with Crippen molar-refractivity contribution in [3.63, 3.8) is 0 Å². The summed E-state index contributed by atoms with van der Waals surface area (Å²) in [4.78, 5) is 15.7. The lowest BCUT2D eigenvalue weighted by atomic mass is 10.0. The molecule has 5 nitrogen and oxygen atoms in total. The molecule has 4 rings (SSSR count). The molecule has 4 aromatic rings. The number of hydrogen-bond donors (Lipinski definition) is 2. The second-order valence-corrected chi connectivity index (χ2v) is 7.34. The van der Waals surface area contributed by atoms with Crippen LogP contribution >= 0.6 is 0 Å². The molecule has 0 fully saturated rings. The second-order valence-electron chi connectivity index (χ2n) is 7.34. The topological polar surface area (TPSA) is 75.4 Å². The maximum Gasteiger partial charge on any atom is 0.335 e. The van der Waals surface area contributed by atoms with Crippen molar-refractivity contribution < 1.29 is 14.3 Å². The standard InChI is InChI=1S/C24H22N2O3/c1-15(2)17-7-9-20(10-8-17)25-14-16-6-11-22-21(12-16)26-23(29-22)18-4-3-5-19(13-18)24(27)28/h3-13,15,25H,14H2,1-2H3,(H,27,28). The predicted molar refractivity (Wildman–Crippen MR) is 114 cm³/mol. The van der Waals surface area contributed by atoms with E-state index in [1.54, 1.807) is 24.3 Å². The first-order chi connectivity index (χ1) is 14.0. The Morgan fingerprint density at radius 2 is 1.86 bits per heavy atom. The third-order valence-electron chi connectivity index (χ3n) is 4.88. The van der Waals surface area contributed by atoms with Gasteiger partial charge in [0.1, 0.15) is 5.52 Å². The summed E-state index contributed by atoms with van der Waals surface area (Å²) >= 11 is 0. The molecule has 0 aliphatic carbocycles. The number of nitrogens with zero attached hydrogens (tertiary/aromatic N) is 1. The summed E-state index contributed by atoms with van der Waals surface area (Å²) in [6.45, 7) is 5.04. The first-order valence-corrected chi connectivity index (χ1v) is 9.56. The summed E-state index contributed by atoms with van der Waals surface area (Å²) in [5.41, 5.74) is 5.74. The average Bonchev–Trinajstić information content (AvgIpc) is 3.16. The summed E-state index contributed by atoms with van der Waals surface area (Å²) in [7, 11) is 0. The van der Waals surface area contributed by atoms with Crippen molar-refractivity contribution in [2.75, 3.05) is 5.32 Å². The number of benzene rings is 3. The Bertz CT molecular complexity index is 1160. The molecule has 0 bridgehead atoms. The molecule has 0 unspecified atom stereocenters. The van der Waals surface area contributed by atoms with E-state index in [0.29, 0.717) is 29.5 Å². The van der Waals surface area contributed by atoms with Gasteiger partial charge in [-0.25, -0.2) is 9.78 Å². The minimum Gasteiger partial charge on any atom is -0.478 e. The minimum absolute atomic E-state index is 0.207. The Hall–Kier alpha value is -3.60. The van der Waals surface area contributed by atoms with Crippen molar-refractivity contribution in [1.82, 2.24) is 4.98 Å². The van der Waals surface area contributed by atoms with Gasteiger partial charge in [-0.2, -0.15) is 0 Å². The maximum atomic E-state index is 11.2. The highest BCUT2D eigenvalue weighted by molar-refractivity contribution is 5.89. The van der Waals surface area contributed by atoms with Gasteiger partial charge in [0.05, 0.1) is 5.56 Å². The molecule has 0 aliphatic rings. The number of aromatic nitrogens is 1. The lowest BCUT2D eigenvalue weighted by Gasteiger charge is -2.09. The Morgan fingerprint density at radius 1 is 1.07 bits per heavy atom. The van der Waals surface area contributed by atoms with Crippen molar-refractivity contribution in [2.24, 2.45) is 0 Å². The molecule has 5 heteroatoms. The molecule has 1 heterocycles. The maximum absolute atomic E-state index is 11.2. The Labute approximate surface area is 169 Å². The van der Waals surface area contributed by atoms with Crippen LogP contribution in [0.5, 0.6) is 0 Å². The summed E-state index contributed by atoms with van der Waals surface area (Å²) < 4.78 is 5.82. The summed E-state index contributed by atoms with van der Waals surface area (Å²) in [5, 5.41) is 12.6. The molecule has 0 radical (unpaired) electrons. The van der Waals surface area contributed by atoms with Gasteiger partial charge in [-0.05, 0) is 59.5 Å². The molecule has 0 saturated carbocycles. The Kier molecular flexibility index (Phi) is 5.04. The van der Waals surface area contributed by atoms with E-state index in [-0.39, 0.29) is 5.56 Å². The third kappa shape index (κ3) is 4.14. The van der Waals surface area contributed by atoms with E-state index >= 15 is 0 Å². The minimum atomic E-state index is -0.974. The predicted octanol–water partition coefficient (Wildman–Crippen LogP) is 5.93. The number of aromatic carboxylic acids is 1. The van der Waals surface area contributed by atoms with E-state index in [9.17, 15) is 4.79 Å². The number of carboxylic acids is 1. The van der Waals surface area contributed by atoms with Gasteiger partial charge in [0.2, 0.25) is 5.89 Å². The van der Waals surface area contributed by atoms with Crippen LogP contribution in [0.25, 0.3) is 22.6 Å². The molecular formula is C24H22N2O3. The molecule has 0 spiro atoms. The van der Waals surface area contributed by atoms with Crippen LogP contribution in [0.4, 0.5) is 5.69 Å². The molecule has 3 aromatic carbocycles. The fourth-order valence-corrected chi connectivity index (χ4v) is 3.18.